The van der Waals surface area contributed by atoms with Gasteiger partial charge in [0.15, 0.2) is 9.84 Å². The van der Waals surface area contributed by atoms with E-state index in [2.05, 4.69) is 10.6 Å². The molecule has 1 atom stereocenters. The second kappa shape index (κ2) is 8.80. The van der Waals surface area contributed by atoms with E-state index in [0.717, 1.165) is 12.1 Å². The highest BCUT2D eigenvalue weighted by molar-refractivity contribution is 7.91. The number of rotatable bonds is 8. The number of sulfone groups is 1. The minimum atomic E-state index is -3.70. The highest BCUT2D eigenvalue weighted by Crippen LogP contribution is 2.23. The molecule has 0 unspecified atom stereocenters. The van der Waals surface area contributed by atoms with Gasteiger partial charge in [-0.25, -0.2) is 17.6 Å². The molecule has 0 fully saturated rings. The third-order valence-electron chi connectivity index (χ3n) is 3.13. The quantitative estimate of drug-likeness (QED) is 0.653. The largest absolute Gasteiger partial charge is 0.394 e. The van der Waals surface area contributed by atoms with Crippen LogP contribution < -0.4 is 10.6 Å². The van der Waals surface area contributed by atoms with Crippen molar-refractivity contribution in [2.75, 3.05) is 31.4 Å². The standard InChI is InChI=1S/C14H21FN2O5S/c1-3-23(20,21)13-8-10(15)4-5-12(13)17-14(19)16-11(9-18)6-7-22-2/h4-5,8,11,18H,3,6-7,9H2,1-2H3,(H2,16,17,19)/t11-/m1/s1. The van der Waals surface area contributed by atoms with Crippen LogP contribution in [0.15, 0.2) is 23.1 Å². The van der Waals surface area contributed by atoms with Gasteiger partial charge < -0.3 is 20.5 Å². The van der Waals surface area contributed by atoms with Crippen LogP contribution in [0.1, 0.15) is 13.3 Å². The van der Waals surface area contributed by atoms with Gasteiger partial charge in [-0.3, -0.25) is 0 Å². The molecule has 0 aromatic heterocycles. The minimum Gasteiger partial charge on any atom is -0.394 e. The number of nitrogens with one attached hydrogen (secondary N) is 2. The van der Waals surface area contributed by atoms with Gasteiger partial charge >= 0.3 is 6.03 Å². The molecule has 0 saturated heterocycles. The lowest BCUT2D eigenvalue weighted by molar-refractivity contribution is 0.161. The summed E-state index contributed by atoms with van der Waals surface area (Å²) in [6.45, 7) is 1.48. The zero-order chi connectivity index (χ0) is 17.5. The fraction of sp³-hybridized carbons (Fsp3) is 0.500. The average Bonchev–Trinajstić information content (AvgIpc) is 2.52. The van der Waals surface area contributed by atoms with Crippen LogP contribution in [0, 0.1) is 5.82 Å². The van der Waals surface area contributed by atoms with Crippen molar-refractivity contribution in [1.29, 1.82) is 0 Å². The van der Waals surface area contributed by atoms with Crippen LogP contribution in [0.25, 0.3) is 0 Å². The number of urea groups is 1. The fourth-order valence-electron chi connectivity index (χ4n) is 1.83. The van der Waals surface area contributed by atoms with Gasteiger partial charge in [0.2, 0.25) is 0 Å². The monoisotopic (exact) mass is 348 g/mol. The van der Waals surface area contributed by atoms with E-state index in [4.69, 9.17) is 4.74 Å². The molecule has 0 bridgehead atoms. The normalized spacial score (nSPS) is 12.7. The zero-order valence-corrected chi connectivity index (χ0v) is 13.8. The van der Waals surface area contributed by atoms with Crippen LogP contribution in [0.3, 0.4) is 0 Å². The number of amides is 2. The number of hydrogen-bond acceptors (Lipinski definition) is 5. The third-order valence-corrected chi connectivity index (χ3v) is 4.90. The Morgan fingerprint density at radius 1 is 1.43 bits per heavy atom. The van der Waals surface area contributed by atoms with Crippen LogP contribution in [0.5, 0.6) is 0 Å². The summed E-state index contributed by atoms with van der Waals surface area (Å²) in [5, 5.41) is 14.0. The van der Waals surface area contributed by atoms with E-state index in [1.807, 2.05) is 0 Å². The first-order valence-electron chi connectivity index (χ1n) is 7.03. The van der Waals surface area contributed by atoms with Gasteiger partial charge in [-0.1, -0.05) is 6.92 Å². The van der Waals surface area contributed by atoms with Crippen LogP contribution in [0.2, 0.25) is 0 Å². The Kier molecular flexibility index (Phi) is 7.40. The maximum Gasteiger partial charge on any atom is 0.319 e. The van der Waals surface area contributed by atoms with E-state index in [9.17, 15) is 22.7 Å². The molecule has 3 N–H and O–H groups in total. The van der Waals surface area contributed by atoms with Crippen LogP contribution >= 0.6 is 0 Å². The molecule has 9 heteroatoms. The lowest BCUT2D eigenvalue weighted by Gasteiger charge is -2.17. The predicted molar refractivity (Wildman–Crippen MR) is 83.6 cm³/mol. The molecule has 1 rings (SSSR count). The van der Waals surface area contributed by atoms with Gasteiger partial charge in [0.25, 0.3) is 0 Å². The molecule has 0 heterocycles. The Labute approximate surface area is 134 Å². The maximum absolute atomic E-state index is 13.3. The average molecular weight is 348 g/mol. The molecule has 2 amide bonds. The van der Waals surface area contributed by atoms with Gasteiger partial charge in [-0.15, -0.1) is 0 Å². The number of anilines is 1. The van der Waals surface area contributed by atoms with Crippen molar-refractivity contribution >= 4 is 21.6 Å². The molecule has 1 aromatic rings. The van der Waals surface area contributed by atoms with E-state index in [1.165, 1.54) is 20.1 Å². The van der Waals surface area contributed by atoms with Gasteiger partial charge in [0.1, 0.15) is 5.82 Å². The summed E-state index contributed by atoms with van der Waals surface area (Å²) in [4.78, 5) is 11.6. The van der Waals surface area contributed by atoms with Crippen molar-refractivity contribution in [3.8, 4) is 0 Å². The lowest BCUT2D eigenvalue weighted by Crippen LogP contribution is -2.41. The second-order valence-electron chi connectivity index (χ2n) is 4.80. The molecule has 0 aliphatic carbocycles. The number of ether oxygens (including phenoxy) is 1. The smallest absolute Gasteiger partial charge is 0.319 e. The molecular formula is C14H21FN2O5S. The van der Waals surface area contributed by atoms with Crippen LogP contribution in [0.4, 0.5) is 14.9 Å². The summed E-state index contributed by atoms with van der Waals surface area (Å²) < 4.78 is 42.1. The summed E-state index contributed by atoms with van der Waals surface area (Å²) in [7, 11) is -2.20. The van der Waals surface area contributed by atoms with Crippen molar-refractivity contribution < 1.29 is 27.4 Å². The topological polar surface area (TPSA) is 105 Å². The first-order chi connectivity index (χ1) is 10.8. The van der Waals surface area contributed by atoms with E-state index >= 15 is 0 Å². The molecule has 0 spiro atoms. The SMILES string of the molecule is CCS(=O)(=O)c1cc(F)ccc1NC(=O)N[C@@H](CO)CCOC. The van der Waals surface area contributed by atoms with Crippen LogP contribution in [-0.2, 0) is 14.6 Å². The summed E-state index contributed by atoms with van der Waals surface area (Å²) in [6.07, 6.45) is 0.393. The van der Waals surface area contributed by atoms with Crippen molar-refractivity contribution in [1.82, 2.24) is 5.32 Å². The first-order valence-corrected chi connectivity index (χ1v) is 8.68. The number of hydrogen-bond donors (Lipinski definition) is 3. The Balaban J connectivity index is 2.90. The van der Waals surface area contributed by atoms with Crippen molar-refractivity contribution in [2.45, 2.75) is 24.3 Å². The highest BCUT2D eigenvalue weighted by atomic mass is 32.2. The Morgan fingerprint density at radius 2 is 2.13 bits per heavy atom. The first kappa shape index (κ1) is 19.3. The minimum absolute atomic E-state index is 0.0193. The van der Waals surface area contributed by atoms with Crippen molar-refractivity contribution in [3.63, 3.8) is 0 Å². The van der Waals surface area contributed by atoms with E-state index < -0.39 is 27.7 Å². The fourth-order valence-corrected chi connectivity index (χ4v) is 2.88. The Bertz CT molecular complexity index is 636. The van der Waals surface area contributed by atoms with Crippen molar-refractivity contribution in [3.05, 3.63) is 24.0 Å². The zero-order valence-electron chi connectivity index (χ0n) is 13.0. The van der Waals surface area contributed by atoms with Crippen LogP contribution in [-0.4, -0.2) is 51.7 Å². The molecule has 0 aliphatic heterocycles. The van der Waals surface area contributed by atoms with E-state index in [-0.39, 0.29) is 22.9 Å². The van der Waals surface area contributed by atoms with E-state index in [1.54, 1.807) is 0 Å². The number of halogens is 1. The predicted octanol–water partition coefficient (Wildman–Crippen LogP) is 1.14. The molecule has 7 nitrogen and oxygen atoms in total. The molecule has 0 radical (unpaired) electrons. The number of carbonyl (C=O) groups excluding carboxylic acids is 1. The molecule has 1 aromatic carbocycles. The summed E-state index contributed by atoms with van der Waals surface area (Å²) >= 11 is 0. The summed E-state index contributed by atoms with van der Waals surface area (Å²) in [5.74, 6) is -0.934. The van der Waals surface area contributed by atoms with Gasteiger partial charge in [-0.05, 0) is 24.6 Å². The number of aliphatic hydroxyl groups is 1. The highest BCUT2D eigenvalue weighted by Gasteiger charge is 2.20. The third kappa shape index (κ3) is 5.77. The molecule has 130 valence electrons. The van der Waals surface area contributed by atoms with Gasteiger partial charge in [0.05, 0.1) is 29.0 Å². The molecular weight excluding hydrogens is 327 g/mol. The lowest BCUT2D eigenvalue weighted by atomic mass is 10.2. The molecule has 0 aliphatic rings. The summed E-state index contributed by atoms with van der Waals surface area (Å²) in [6, 6.07) is 1.86. The van der Waals surface area contributed by atoms with Gasteiger partial charge in [0, 0.05) is 13.7 Å². The molecule has 23 heavy (non-hydrogen) atoms. The Hall–Kier alpha value is -1.71. The maximum atomic E-state index is 13.3. The second-order valence-corrected chi connectivity index (χ2v) is 7.05. The number of methoxy groups -OCH3 is 1. The number of aliphatic hydroxyl groups excluding tert-OH is 1. The number of carbonyl (C=O) groups is 1. The van der Waals surface area contributed by atoms with E-state index in [0.29, 0.717) is 13.0 Å². The van der Waals surface area contributed by atoms with Crippen molar-refractivity contribution in [2.24, 2.45) is 0 Å². The Morgan fingerprint density at radius 3 is 2.70 bits per heavy atom. The summed E-state index contributed by atoms with van der Waals surface area (Å²) in [5.41, 5.74) is -0.0193. The molecule has 0 saturated carbocycles. The van der Waals surface area contributed by atoms with Gasteiger partial charge in [-0.2, -0.15) is 0 Å². The number of benzene rings is 1.